The Morgan fingerprint density at radius 1 is 0.511 bits per heavy atom. The number of pyridine rings is 2. The van der Waals surface area contributed by atoms with E-state index < -0.39 is 0 Å². The third kappa shape index (κ3) is 5.85. The van der Waals surface area contributed by atoms with Crippen molar-refractivity contribution >= 4 is 70.4 Å². The van der Waals surface area contributed by atoms with E-state index in [1.165, 1.54) is 32.5 Å². The number of nitrogens with two attached hydrogens (primary N) is 2. The molecule has 4 heterocycles. The van der Waals surface area contributed by atoms with Gasteiger partial charge in [-0.3, -0.25) is 0 Å². The number of aromatic nitrogens is 2. The summed E-state index contributed by atoms with van der Waals surface area (Å²) in [6.07, 6.45) is 3.74. The van der Waals surface area contributed by atoms with Crippen LogP contribution in [0.15, 0.2) is 143 Å². The summed E-state index contributed by atoms with van der Waals surface area (Å²) >= 11 is 6.95. The molecule has 0 atom stereocenters. The molecule has 45 heavy (non-hydrogen) atoms. The first-order chi connectivity index (χ1) is 22.1. The van der Waals surface area contributed by atoms with E-state index in [4.69, 9.17) is 11.5 Å². The zero-order valence-corrected chi connectivity index (χ0v) is 27.2. The molecule has 4 nitrogen and oxygen atoms in total. The number of anilines is 2. The molecule has 0 fully saturated rings. The monoisotopic (exact) mass is 682 g/mol. The lowest BCUT2D eigenvalue weighted by molar-refractivity contribution is 1.37. The van der Waals surface area contributed by atoms with E-state index in [0.717, 1.165) is 36.6 Å². The second-order valence-corrected chi connectivity index (χ2v) is 13.1. The number of benzene rings is 4. The molecule has 218 valence electrons. The minimum Gasteiger partial charge on any atom is -0.383 e. The summed E-state index contributed by atoms with van der Waals surface area (Å²) < 4.78 is 3.36. The Bertz CT molecular complexity index is 2260. The van der Waals surface area contributed by atoms with Crippen LogP contribution in [0.4, 0.5) is 11.6 Å². The van der Waals surface area contributed by atoms with Gasteiger partial charge in [-0.25, -0.2) is 9.97 Å². The highest BCUT2D eigenvalue weighted by molar-refractivity contribution is 9.10. The Morgan fingerprint density at radius 3 is 1.62 bits per heavy atom. The van der Waals surface area contributed by atoms with Crippen molar-refractivity contribution in [3.8, 4) is 44.5 Å². The SMILES string of the molecule is Nc1ncc(-c2cccc(-c3ccccc3)c2)c2scc(Br)c12.Nc1ncc(-c2cccc(-c3ccccc3)c2)c2sccc12. The Labute approximate surface area is 277 Å². The number of halogens is 1. The topological polar surface area (TPSA) is 77.8 Å². The molecule has 4 aromatic carbocycles. The molecule has 0 aliphatic heterocycles. The Morgan fingerprint density at radius 2 is 1.02 bits per heavy atom. The Hall–Kier alpha value is -4.82. The molecule has 7 heteroatoms. The summed E-state index contributed by atoms with van der Waals surface area (Å²) in [6.45, 7) is 0. The first-order valence-electron chi connectivity index (χ1n) is 14.3. The van der Waals surface area contributed by atoms with Gasteiger partial charge in [0.2, 0.25) is 0 Å². The smallest absolute Gasteiger partial charge is 0.133 e. The van der Waals surface area contributed by atoms with Gasteiger partial charge in [0.1, 0.15) is 11.6 Å². The number of fused-ring (bicyclic) bond motifs is 2. The van der Waals surface area contributed by atoms with E-state index in [2.05, 4.69) is 134 Å². The van der Waals surface area contributed by atoms with Crippen LogP contribution in [0.5, 0.6) is 0 Å². The van der Waals surface area contributed by atoms with Crippen LogP contribution in [0, 0.1) is 0 Å². The fourth-order valence-electron chi connectivity index (χ4n) is 5.42. The molecule has 0 amide bonds. The minimum atomic E-state index is 0.566. The Kier molecular flexibility index (Phi) is 8.13. The zero-order valence-electron chi connectivity index (χ0n) is 24.0. The van der Waals surface area contributed by atoms with Gasteiger partial charge in [-0.05, 0) is 72.9 Å². The van der Waals surface area contributed by atoms with Crippen LogP contribution in [-0.2, 0) is 0 Å². The highest BCUT2D eigenvalue weighted by Gasteiger charge is 2.13. The quantitative estimate of drug-likeness (QED) is 0.194. The van der Waals surface area contributed by atoms with E-state index in [1.54, 1.807) is 22.7 Å². The third-order valence-corrected chi connectivity index (χ3v) is 10.5. The van der Waals surface area contributed by atoms with Crippen LogP contribution in [0.1, 0.15) is 0 Å². The van der Waals surface area contributed by atoms with E-state index in [1.807, 2.05) is 30.6 Å². The summed E-state index contributed by atoms with van der Waals surface area (Å²) in [6, 6.07) is 39.9. The van der Waals surface area contributed by atoms with Crippen LogP contribution >= 0.6 is 38.6 Å². The molecule has 4 aromatic heterocycles. The highest BCUT2D eigenvalue weighted by Crippen LogP contribution is 2.40. The summed E-state index contributed by atoms with van der Waals surface area (Å²) in [5.41, 5.74) is 21.4. The van der Waals surface area contributed by atoms with Crippen LogP contribution in [0.3, 0.4) is 0 Å². The second kappa shape index (κ2) is 12.7. The lowest BCUT2D eigenvalue weighted by Gasteiger charge is -2.08. The molecule has 0 aliphatic rings. The maximum Gasteiger partial charge on any atom is 0.133 e. The van der Waals surface area contributed by atoms with Crippen molar-refractivity contribution in [2.24, 2.45) is 0 Å². The van der Waals surface area contributed by atoms with Crippen LogP contribution in [-0.4, -0.2) is 9.97 Å². The summed E-state index contributed by atoms with van der Waals surface area (Å²) in [5, 5.41) is 6.16. The molecule has 0 unspecified atom stereocenters. The van der Waals surface area contributed by atoms with Gasteiger partial charge in [-0.2, -0.15) is 0 Å². The summed E-state index contributed by atoms with van der Waals surface area (Å²) in [4.78, 5) is 8.72. The van der Waals surface area contributed by atoms with Crippen molar-refractivity contribution in [1.82, 2.24) is 9.97 Å². The number of hydrogen-bond donors (Lipinski definition) is 2. The van der Waals surface area contributed by atoms with Crippen LogP contribution in [0.25, 0.3) is 64.7 Å². The zero-order chi connectivity index (χ0) is 30.8. The van der Waals surface area contributed by atoms with Gasteiger partial charge in [-0.1, -0.05) is 97.1 Å². The maximum absolute atomic E-state index is 6.03. The van der Waals surface area contributed by atoms with Crippen molar-refractivity contribution in [2.45, 2.75) is 0 Å². The van der Waals surface area contributed by atoms with E-state index in [9.17, 15) is 0 Å². The van der Waals surface area contributed by atoms with Gasteiger partial charge in [-0.15, -0.1) is 22.7 Å². The molecule has 0 spiro atoms. The highest BCUT2D eigenvalue weighted by atomic mass is 79.9. The third-order valence-electron chi connectivity index (χ3n) is 7.66. The van der Waals surface area contributed by atoms with Gasteiger partial charge in [0.25, 0.3) is 0 Å². The lowest BCUT2D eigenvalue weighted by Crippen LogP contribution is -1.91. The molecule has 0 saturated carbocycles. The Balaban J connectivity index is 0.000000145. The number of nitrogens with zero attached hydrogens (tertiary/aromatic N) is 2. The number of rotatable bonds is 4. The standard InChI is InChI=1S/C19H13BrN2S.C19H14N2S/c20-16-11-23-18-15(10-22-19(21)17(16)18)14-8-4-7-13(9-14)12-5-2-1-3-6-12;20-19-16-9-10-22-18(16)17(12-21-19)15-8-4-7-14(11-15)13-5-2-1-3-6-13/h1-11H,(H2,21,22);1-12H,(H2,20,21). The first kappa shape index (κ1) is 28.9. The fraction of sp³-hybridized carbons (Fsp3) is 0. The van der Waals surface area contributed by atoms with Crippen molar-refractivity contribution < 1.29 is 0 Å². The average Bonchev–Trinajstić information content (AvgIpc) is 3.75. The molecule has 0 saturated heterocycles. The molecule has 0 bridgehead atoms. The van der Waals surface area contributed by atoms with E-state index in [0.29, 0.717) is 11.6 Å². The fourth-order valence-corrected chi connectivity index (χ4v) is 8.14. The molecular formula is C38H27BrN4S2. The molecule has 8 rings (SSSR count). The lowest BCUT2D eigenvalue weighted by atomic mass is 9.99. The average molecular weight is 684 g/mol. The van der Waals surface area contributed by atoms with Gasteiger partial charge >= 0.3 is 0 Å². The normalized spacial score (nSPS) is 11.0. The second-order valence-electron chi connectivity index (χ2n) is 10.5. The number of nitrogen functional groups attached to an aromatic ring is 2. The molecule has 0 aliphatic carbocycles. The van der Waals surface area contributed by atoms with E-state index in [-0.39, 0.29) is 0 Å². The van der Waals surface area contributed by atoms with Gasteiger partial charge in [0.05, 0.1) is 0 Å². The van der Waals surface area contributed by atoms with Gasteiger partial charge in [0, 0.05) is 53.5 Å². The maximum atomic E-state index is 6.03. The number of thiophene rings is 2. The van der Waals surface area contributed by atoms with Crippen molar-refractivity contribution in [1.29, 1.82) is 0 Å². The first-order valence-corrected chi connectivity index (χ1v) is 16.9. The van der Waals surface area contributed by atoms with Gasteiger partial charge in [0.15, 0.2) is 0 Å². The van der Waals surface area contributed by atoms with Crippen LogP contribution < -0.4 is 11.5 Å². The molecule has 0 radical (unpaired) electrons. The minimum absolute atomic E-state index is 0.566. The number of hydrogen-bond acceptors (Lipinski definition) is 6. The van der Waals surface area contributed by atoms with Crippen LogP contribution in [0.2, 0.25) is 0 Å². The van der Waals surface area contributed by atoms with Gasteiger partial charge < -0.3 is 11.5 Å². The van der Waals surface area contributed by atoms with Crippen molar-refractivity contribution in [3.05, 3.63) is 143 Å². The van der Waals surface area contributed by atoms with Crippen molar-refractivity contribution in [3.63, 3.8) is 0 Å². The van der Waals surface area contributed by atoms with E-state index >= 15 is 0 Å². The predicted octanol–water partition coefficient (Wildman–Crippen LogP) is 11.2. The predicted molar refractivity (Wildman–Crippen MR) is 198 cm³/mol. The molecule has 4 N–H and O–H groups in total. The summed E-state index contributed by atoms with van der Waals surface area (Å²) in [7, 11) is 0. The largest absolute Gasteiger partial charge is 0.383 e. The van der Waals surface area contributed by atoms with Crippen molar-refractivity contribution in [2.75, 3.05) is 11.5 Å². The molecular weight excluding hydrogens is 656 g/mol. The summed E-state index contributed by atoms with van der Waals surface area (Å²) in [5.74, 6) is 1.16. The molecule has 8 aromatic rings.